The van der Waals surface area contributed by atoms with Crippen LogP contribution in [0, 0.1) is 0 Å². The first-order valence-corrected chi connectivity index (χ1v) is 17.0. The molecule has 11 heteroatoms. The number of aromatic nitrogens is 2. The highest BCUT2D eigenvalue weighted by molar-refractivity contribution is 7.94. The van der Waals surface area contributed by atoms with Gasteiger partial charge >= 0.3 is 0 Å². The number of hydrogen-bond donors (Lipinski definition) is 2. The first kappa shape index (κ1) is 29.2. The normalized spacial score (nSPS) is 14.2. The number of amides is 1. The average Bonchev–Trinajstić information content (AvgIpc) is 3.74. The van der Waals surface area contributed by atoms with Gasteiger partial charge in [0.05, 0.1) is 19.8 Å². The number of morpholine rings is 1. The second-order valence-corrected chi connectivity index (χ2v) is 13.8. The van der Waals surface area contributed by atoms with Gasteiger partial charge in [-0.3, -0.25) is 14.4 Å². The van der Waals surface area contributed by atoms with E-state index in [2.05, 4.69) is 26.7 Å². The molecule has 7 rings (SSSR count). The van der Waals surface area contributed by atoms with E-state index in [1.807, 2.05) is 60.8 Å². The minimum atomic E-state index is -3.72. The van der Waals surface area contributed by atoms with Gasteiger partial charge in [0.2, 0.25) is 5.91 Å². The maximum atomic E-state index is 13.2. The molecule has 9 nitrogen and oxygen atoms in total. The van der Waals surface area contributed by atoms with Crippen LogP contribution in [0.5, 0.6) is 0 Å². The Hall–Kier alpha value is -4.55. The van der Waals surface area contributed by atoms with Crippen LogP contribution in [-0.2, 0) is 19.6 Å². The summed E-state index contributed by atoms with van der Waals surface area (Å²) in [5, 5.41) is 3.47. The maximum absolute atomic E-state index is 13.2. The van der Waals surface area contributed by atoms with Crippen molar-refractivity contribution in [1.29, 1.82) is 0 Å². The van der Waals surface area contributed by atoms with Crippen LogP contribution in [0.1, 0.15) is 0 Å². The number of nitrogens with zero attached hydrogens (tertiary/aromatic N) is 3. The van der Waals surface area contributed by atoms with E-state index in [9.17, 15) is 13.2 Å². The Kier molecular flexibility index (Phi) is 7.84. The van der Waals surface area contributed by atoms with Crippen molar-refractivity contribution in [3.05, 3.63) is 96.5 Å². The fourth-order valence-electron chi connectivity index (χ4n) is 5.75. The number of ether oxygens (including phenoxy) is 1. The summed E-state index contributed by atoms with van der Waals surface area (Å²) in [6.45, 7) is 3.10. The third kappa shape index (κ3) is 5.83. The number of H-pyrrole nitrogens is 1. The number of rotatable bonds is 8. The summed E-state index contributed by atoms with van der Waals surface area (Å²) in [5.41, 5.74) is 6.55. The molecule has 0 spiro atoms. The van der Waals surface area contributed by atoms with Crippen molar-refractivity contribution in [3.8, 4) is 22.3 Å². The molecule has 1 aliphatic heterocycles. The van der Waals surface area contributed by atoms with Gasteiger partial charge < -0.3 is 14.6 Å². The molecule has 3 aromatic carbocycles. The lowest BCUT2D eigenvalue weighted by atomic mass is 9.92. The van der Waals surface area contributed by atoms with Crippen LogP contribution in [0.15, 0.2) is 101 Å². The molecular formula is C34H31N5O4S2. The van der Waals surface area contributed by atoms with E-state index in [4.69, 9.17) is 9.72 Å². The van der Waals surface area contributed by atoms with Crippen molar-refractivity contribution in [1.82, 2.24) is 14.9 Å². The number of carbonyl (C=O) groups excluding carboxylic acids is 1. The minimum Gasteiger partial charge on any atom is -0.379 e. The molecule has 45 heavy (non-hydrogen) atoms. The SMILES string of the molecule is CN(C(=O)CN1CCOCC1)c1cccc(-c2cnc3[nH]c4ccc(NS(=O)(=O)c5cccs5)cc4c3c2-c2ccccc2)c1. The van der Waals surface area contributed by atoms with E-state index < -0.39 is 10.0 Å². The van der Waals surface area contributed by atoms with E-state index in [0.717, 1.165) is 57.3 Å². The average molecular weight is 638 g/mol. The third-order valence-electron chi connectivity index (χ3n) is 8.08. The molecule has 228 valence electrons. The Balaban J connectivity index is 1.33. The number of fused-ring (bicyclic) bond motifs is 3. The Morgan fingerprint density at radius 2 is 1.80 bits per heavy atom. The van der Waals surface area contributed by atoms with Crippen molar-refractivity contribution in [2.24, 2.45) is 0 Å². The van der Waals surface area contributed by atoms with E-state index in [1.54, 1.807) is 35.5 Å². The van der Waals surface area contributed by atoms with Gasteiger partial charge in [-0.2, -0.15) is 0 Å². The van der Waals surface area contributed by atoms with E-state index in [1.165, 1.54) is 11.3 Å². The number of aromatic amines is 1. The van der Waals surface area contributed by atoms with Gasteiger partial charge in [-0.05, 0) is 52.9 Å². The van der Waals surface area contributed by atoms with Gasteiger partial charge in [0.1, 0.15) is 9.86 Å². The number of thiophene rings is 1. The summed E-state index contributed by atoms with van der Waals surface area (Å²) in [7, 11) is -1.91. The van der Waals surface area contributed by atoms with Crippen molar-refractivity contribution in [2.45, 2.75) is 4.21 Å². The number of pyridine rings is 1. The molecule has 3 aromatic heterocycles. The van der Waals surface area contributed by atoms with Crippen molar-refractivity contribution in [3.63, 3.8) is 0 Å². The lowest BCUT2D eigenvalue weighted by Crippen LogP contribution is -2.43. The number of hydrogen-bond acceptors (Lipinski definition) is 7. The van der Waals surface area contributed by atoms with Gasteiger partial charge in [-0.25, -0.2) is 13.4 Å². The zero-order valence-corrected chi connectivity index (χ0v) is 26.2. The Morgan fingerprint density at radius 3 is 2.58 bits per heavy atom. The highest BCUT2D eigenvalue weighted by Crippen LogP contribution is 2.41. The quantitative estimate of drug-likeness (QED) is 0.206. The van der Waals surface area contributed by atoms with Crippen LogP contribution in [0.3, 0.4) is 0 Å². The molecule has 0 unspecified atom stereocenters. The highest BCUT2D eigenvalue weighted by Gasteiger charge is 2.22. The summed E-state index contributed by atoms with van der Waals surface area (Å²) < 4.78 is 34.5. The summed E-state index contributed by atoms with van der Waals surface area (Å²) in [6, 6.07) is 26.8. The summed E-state index contributed by atoms with van der Waals surface area (Å²) in [6.07, 6.45) is 1.86. The topological polar surface area (TPSA) is 108 Å². The molecule has 0 radical (unpaired) electrons. The molecule has 0 saturated carbocycles. The van der Waals surface area contributed by atoms with Crippen molar-refractivity contribution in [2.75, 3.05) is 49.5 Å². The first-order valence-electron chi connectivity index (χ1n) is 14.6. The van der Waals surface area contributed by atoms with Gasteiger partial charge in [-0.1, -0.05) is 48.5 Å². The zero-order valence-electron chi connectivity index (χ0n) is 24.6. The Bertz CT molecular complexity index is 2110. The van der Waals surface area contributed by atoms with Crippen LogP contribution in [0.25, 0.3) is 44.2 Å². The molecule has 0 bridgehead atoms. The van der Waals surface area contributed by atoms with Crippen molar-refractivity contribution >= 4 is 60.6 Å². The van der Waals surface area contributed by atoms with E-state index >= 15 is 0 Å². The minimum absolute atomic E-state index is 0.0140. The Labute approximate surface area is 265 Å². The van der Waals surface area contributed by atoms with Crippen molar-refractivity contribution < 1.29 is 17.9 Å². The van der Waals surface area contributed by atoms with Gasteiger partial charge in [-0.15, -0.1) is 11.3 Å². The number of carbonyl (C=O) groups is 1. The predicted octanol–water partition coefficient (Wildman–Crippen LogP) is 6.21. The van der Waals surface area contributed by atoms with Gasteiger partial charge in [0.25, 0.3) is 10.0 Å². The second-order valence-electron chi connectivity index (χ2n) is 11.0. The number of sulfonamides is 1. The molecule has 1 fully saturated rings. The Morgan fingerprint density at radius 1 is 1.00 bits per heavy atom. The molecule has 1 amide bonds. The van der Waals surface area contributed by atoms with E-state index in [-0.39, 0.29) is 10.1 Å². The zero-order chi connectivity index (χ0) is 31.0. The predicted molar refractivity (Wildman–Crippen MR) is 180 cm³/mol. The largest absolute Gasteiger partial charge is 0.379 e. The number of anilines is 2. The second kappa shape index (κ2) is 12.1. The fraction of sp³-hybridized carbons (Fsp3) is 0.176. The highest BCUT2D eigenvalue weighted by atomic mass is 32.2. The molecular weight excluding hydrogens is 607 g/mol. The summed E-state index contributed by atoms with van der Waals surface area (Å²) in [4.78, 5) is 25.3. The van der Waals surface area contributed by atoms with Gasteiger partial charge in [0.15, 0.2) is 0 Å². The van der Waals surface area contributed by atoms with Crippen LogP contribution < -0.4 is 9.62 Å². The maximum Gasteiger partial charge on any atom is 0.271 e. The number of likely N-dealkylation sites (N-methyl/N-ethyl adjacent to an activating group) is 1. The van der Waals surface area contributed by atoms with Crippen LogP contribution in [0.2, 0.25) is 0 Å². The fourth-order valence-corrected chi connectivity index (χ4v) is 7.79. The molecule has 4 heterocycles. The molecule has 6 aromatic rings. The third-order valence-corrected chi connectivity index (χ3v) is 10.9. The first-order chi connectivity index (χ1) is 21.9. The van der Waals surface area contributed by atoms with Gasteiger partial charge in [0, 0.05) is 65.1 Å². The number of nitrogens with one attached hydrogen (secondary N) is 2. The molecule has 0 atom stereocenters. The summed E-state index contributed by atoms with van der Waals surface area (Å²) >= 11 is 1.17. The molecule has 0 aliphatic carbocycles. The van der Waals surface area contributed by atoms with Crippen LogP contribution >= 0.6 is 11.3 Å². The lowest BCUT2D eigenvalue weighted by Gasteiger charge is -2.28. The standard InChI is InChI=1S/C34H31N5O4S2/c1-38(30(40)22-39-14-16-43-17-15-39)26-10-5-9-24(19-26)28-21-35-34-33(32(28)23-7-3-2-4-8-23)27-20-25(12-13-29(27)36-34)37-45(41,42)31-11-6-18-44-31/h2-13,18-21,37H,14-17,22H2,1H3,(H,35,36). The smallest absolute Gasteiger partial charge is 0.271 e. The van der Waals surface area contributed by atoms with Crippen LogP contribution in [0.4, 0.5) is 11.4 Å². The molecule has 1 saturated heterocycles. The molecule has 1 aliphatic rings. The molecule has 2 N–H and O–H groups in total. The lowest BCUT2D eigenvalue weighted by molar-refractivity contribution is -0.120. The number of benzene rings is 3. The summed E-state index contributed by atoms with van der Waals surface area (Å²) in [5.74, 6) is 0.0140. The monoisotopic (exact) mass is 637 g/mol. The van der Waals surface area contributed by atoms with Crippen LogP contribution in [-0.4, -0.2) is 69.1 Å². The van der Waals surface area contributed by atoms with E-state index in [0.29, 0.717) is 31.1 Å².